The van der Waals surface area contributed by atoms with Crippen LogP contribution in [0.1, 0.15) is 0 Å². The molecule has 0 aliphatic heterocycles. The van der Waals surface area contributed by atoms with E-state index in [0.29, 0.717) is 0 Å². The quantitative estimate of drug-likeness (QED) is 0.425. The van der Waals surface area contributed by atoms with E-state index < -0.39 is 0 Å². The number of aromatic nitrogens is 3. The zero-order valence-corrected chi connectivity index (χ0v) is 9.04. The fourth-order valence-electron chi connectivity index (χ4n) is 2.30. The van der Waals surface area contributed by atoms with Gasteiger partial charge in [0, 0.05) is 17.0 Å². The molecule has 3 heteroatoms. The van der Waals surface area contributed by atoms with E-state index in [4.69, 9.17) is 0 Å². The highest BCUT2D eigenvalue weighted by Crippen LogP contribution is 2.24. The maximum Gasteiger partial charge on any atom is 0.0987 e. The van der Waals surface area contributed by atoms with E-state index in [2.05, 4.69) is 40.4 Å². The fraction of sp³-hybridized carbons (Fsp3) is 0. The number of rotatable bonds is 0. The van der Waals surface area contributed by atoms with Crippen LogP contribution in [0.25, 0.3) is 27.3 Å². The molecule has 0 N–H and O–H groups in total. The predicted molar refractivity (Wildman–Crippen MR) is 68.0 cm³/mol. The van der Waals surface area contributed by atoms with Crippen LogP contribution in [0.4, 0.5) is 0 Å². The van der Waals surface area contributed by atoms with E-state index in [0.717, 1.165) is 27.3 Å². The molecule has 0 bridgehead atoms. The second-order valence-electron chi connectivity index (χ2n) is 4.08. The molecule has 3 aromatic heterocycles. The van der Waals surface area contributed by atoms with Crippen molar-refractivity contribution < 1.29 is 0 Å². The highest BCUT2D eigenvalue weighted by Gasteiger charge is 2.05. The van der Waals surface area contributed by atoms with Crippen molar-refractivity contribution in [2.45, 2.75) is 0 Å². The minimum absolute atomic E-state index is 0.999. The summed E-state index contributed by atoms with van der Waals surface area (Å²) < 4.78 is 1.95. The molecule has 0 amide bonds. The van der Waals surface area contributed by atoms with Crippen molar-refractivity contribution in [1.29, 1.82) is 0 Å². The van der Waals surface area contributed by atoms with Crippen molar-refractivity contribution in [2.75, 3.05) is 0 Å². The lowest BCUT2D eigenvalue weighted by molar-refractivity contribution is 1.01. The fourth-order valence-corrected chi connectivity index (χ4v) is 2.30. The first-order valence-corrected chi connectivity index (χ1v) is 5.54. The summed E-state index contributed by atoms with van der Waals surface area (Å²) in [5.74, 6) is 0. The minimum atomic E-state index is 0.999. The third-order valence-corrected chi connectivity index (χ3v) is 3.10. The largest absolute Gasteiger partial charge is 0.254 e. The third kappa shape index (κ3) is 1.11. The van der Waals surface area contributed by atoms with Gasteiger partial charge in [-0.15, -0.1) is 0 Å². The monoisotopic (exact) mass is 219 g/mol. The molecule has 4 aromatic rings. The van der Waals surface area contributed by atoms with Gasteiger partial charge in [-0.1, -0.05) is 24.3 Å². The minimum Gasteiger partial charge on any atom is -0.254 e. The van der Waals surface area contributed by atoms with Gasteiger partial charge >= 0.3 is 0 Å². The molecule has 0 atom stereocenters. The van der Waals surface area contributed by atoms with Gasteiger partial charge < -0.3 is 0 Å². The lowest BCUT2D eigenvalue weighted by Gasteiger charge is -2.04. The van der Waals surface area contributed by atoms with E-state index >= 15 is 0 Å². The average molecular weight is 219 g/mol. The molecule has 3 heterocycles. The van der Waals surface area contributed by atoms with Crippen molar-refractivity contribution in [3.63, 3.8) is 0 Å². The summed E-state index contributed by atoms with van der Waals surface area (Å²) >= 11 is 0. The van der Waals surface area contributed by atoms with Crippen LogP contribution in [0.2, 0.25) is 0 Å². The highest BCUT2D eigenvalue weighted by molar-refractivity contribution is 6.03. The lowest BCUT2D eigenvalue weighted by atomic mass is 10.1. The molecule has 4 rings (SSSR count). The van der Waals surface area contributed by atoms with Crippen LogP contribution in [0.3, 0.4) is 0 Å². The Bertz CT molecular complexity index is 846. The smallest absolute Gasteiger partial charge is 0.0987 e. The zero-order valence-electron chi connectivity index (χ0n) is 9.04. The van der Waals surface area contributed by atoms with Gasteiger partial charge in [0.1, 0.15) is 0 Å². The Morgan fingerprint density at radius 2 is 1.71 bits per heavy atom. The molecule has 0 unspecified atom stereocenters. The molecule has 0 aliphatic rings. The topological polar surface area (TPSA) is 30.2 Å². The number of hydrogen-bond donors (Lipinski definition) is 0. The third-order valence-electron chi connectivity index (χ3n) is 3.10. The van der Waals surface area contributed by atoms with Crippen molar-refractivity contribution >= 4 is 27.3 Å². The predicted octanol–water partition coefficient (Wildman–Crippen LogP) is 3.04. The molecule has 0 radical (unpaired) electrons. The zero-order chi connectivity index (χ0) is 11.2. The number of fused-ring (bicyclic) bond motifs is 5. The second-order valence-corrected chi connectivity index (χ2v) is 4.08. The highest BCUT2D eigenvalue weighted by atomic mass is 15.2. The Kier molecular flexibility index (Phi) is 1.56. The van der Waals surface area contributed by atoms with Gasteiger partial charge in [0.05, 0.1) is 22.7 Å². The number of hydrogen-bond acceptors (Lipinski definition) is 2. The summed E-state index contributed by atoms with van der Waals surface area (Å²) in [6.07, 6.45) is 3.64. The van der Waals surface area contributed by atoms with Crippen molar-refractivity contribution in [2.24, 2.45) is 0 Å². The van der Waals surface area contributed by atoms with E-state index in [1.54, 1.807) is 0 Å². The second kappa shape index (κ2) is 3.04. The molecule has 1 aromatic carbocycles. The van der Waals surface area contributed by atoms with Gasteiger partial charge in [-0.3, -0.25) is 4.98 Å². The number of pyridine rings is 2. The van der Waals surface area contributed by atoms with Gasteiger partial charge in [0.2, 0.25) is 0 Å². The van der Waals surface area contributed by atoms with Crippen LogP contribution in [0, 0.1) is 0 Å². The van der Waals surface area contributed by atoms with E-state index in [9.17, 15) is 0 Å². The molecule has 0 aliphatic carbocycles. The Labute approximate surface area is 97.3 Å². The molecule has 0 saturated heterocycles. The van der Waals surface area contributed by atoms with Crippen molar-refractivity contribution in [3.05, 3.63) is 54.9 Å². The van der Waals surface area contributed by atoms with E-state index in [-0.39, 0.29) is 0 Å². The first-order valence-electron chi connectivity index (χ1n) is 5.54. The van der Waals surface area contributed by atoms with Crippen LogP contribution >= 0.6 is 0 Å². The van der Waals surface area contributed by atoms with Crippen LogP contribution < -0.4 is 0 Å². The molecular formula is C14H9N3. The van der Waals surface area contributed by atoms with Gasteiger partial charge in [0.15, 0.2) is 0 Å². The van der Waals surface area contributed by atoms with E-state index in [1.165, 1.54) is 0 Å². The average Bonchev–Trinajstić information content (AvgIpc) is 2.86. The molecule has 0 spiro atoms. The maximum absolute atomic E-state index is 4.48. The molecule has 0 saturated carbocycles. The summed E-state index contributed by atoms with van der Waals surface area (Å²) in [5.41, 5.74) is 3.17. The van der Waals surface area contributed by atoms with Crippen LogP contribution in [-0.4, -0.2) is 14.6 Å². The number of benzene rings is 1. The first-order chi connectivity index (χ1) is 8.43. The Hall–Kier alpha value is -2.42. The van der Waals surface area contributed by atoms with Gasteiger partial charge in [-0.05, 0) is 18.2 Å². The van der Waals surface area contributed by atoms with E-state index in [1.807, 2.05) is 29.0 Å². The molecule has 17 heavy (non-hydrogen) atoms. The van der Waals surface area contributed by atoms with Crippen molar-refractivity contribution in [3.8, 4) is 0 Å². The van der Waals surface area contributed by atoms with Crippen LogP contribution in [-0.2, 0) is 0 Å². The molecule has 80 valence electrons. The van der Waals surface area contributed by atoms with Crippen LogP contribution in [0.5, 0.6) is 0 Å². The summed E-state index contributed by atoms with van der Waals surface area (Å²) in [6.45, 7) is 0. The van der Waals surface area contributed by atoms with Gasteiger partial charge in [0.25, 0.3) is 0 Å². The maximum atomic E-state index is 4.48. The normalized spacial score (nSPS) is 11.5. The van der Waals surface area contributed by atoms with Gasteiger partial charge in [-0.25, -0.2) is 4.52 Å². The number of nitrogens with zero attached hydrogens (tertiary/aromatic N) is 3. The first kappa shape index (κ1) is 8.70. The summed E-state index contributed by atoms with van der Waals surface area (Å²) in [4.78, 5) is 4.48. The Balaban J connectivity index is 2.41. The Morgan fingerprint density at radius 1 is 0.824 bits per heavy atom. The molecule has 3 nitrogen and oxygen atoms in total. The van der Waals surface area contributed by atoms with Crippen molar-refractivity contribution in [1.82, 2.24) is 14.6 Å². The summed E-state index contributed by atoms with van der Waals surface area (Å²) in [5, 5.41) is 6.67. The SMILES string of the molecule is c1cnc2c(c1)ccc1ccc3ccnn3c12. The molecular weight excluding hydrogens is 210 g/mol. The van der Waals surface area contributed by atoms with Gasteiger partial charge in [-0.2, -0.15) is 5.10 Å². The molecule has 0 fully saturated rings. The van der Waals surface area contributed by atoms with Crippen LogP contribution in [0.15, 0.2) is 54.9 Å². The summed E-state index contributed by atoms with van der Waals surface area (Å²) in [6, 6.07) is 14.4. The summed E-state index contributed by atoms with van der Waals surface area (Å²) in [7, 11) is 0. The lowest BCUT2D eigenvalue weighted by Crippen LogP contribution is -1.92. The Morgan fingerprint density at radius 3 is 2.71 bits per heavy atom. The standard InChI is InChI=1S/C14H9N3/c1-2-10-3-4-11-5-6-12-7-9-16-17(12)14(11)13(10)15-8-1/h1-9H.